The Labute approximate surface area is 97.2 Å². The summed E-state index contributed by atoms with van der Waals surface area (Å²) in [6, 6.07) is 1.90. The lowest BCUT2D eigenvalue weighted by atomic mass is 9.96. The maximum Gasteiger partial charge on any atom is 0.160 e. The third-order valence-corrected chi connectivity index (χ3v) is 3.05. The van der Waals surface area contributed by atoms with Gasteiger partial charge < -0.3 is 10.5 Å². The first kappa shape index (κ1) is 13.1. The van der Waals surface area contributed by atoms with Crippen molar-refractivity contribution < 1.29 is 4.74 Å². The van der Waals surface area contributed by atoms with Crippen LogP contribution in [0.4, 0.5) is 0 Å². The van der Waals surface area contributed by atoms with Gasteiger partial charge in [-0.3, -0.25) is 0 Å². The van der Waals surface area contributed by atoms with Gasteiger partial charge in [0.15, 0.2) is 5.82 Å². The fourth-order valence-electron chi connectivity index (χ4n) is 1.85. The lowest BCUT2D eigenvalue weighted by molar-refractivity contribution is -0.0293. The molecule has 0 amide bonds. The average molecular weight is 223 g/mol. The molecule has 0 aliphatic carbocycles. The van der Waals surface area contributed by atoms with Crippen LogP contribution in [0.25, 0.3) is 0 Å². The standard InChI is InChI=1S/C12H21N3O/c1-4-12(5-2,16-3)11-14-9-7-10(15-11)6-8-13/h7,9H,4-6,8,13H2,1-3H3. The Morgan fingerprint density at radius 1 is 1.38 bits per heavy atom. The summed E-state index contributed by atoms with van der Waals surface area (Å²) in [5.74, 6) is 0.769. The van der Waals surface area contributed by atoms with Gasteiger partial charge in [-0.25, -0.2) is 9.97 Å². The summed E-state index contributed by atoms with van der Waals surface area (Å²) >= 11 is 0. The number of rotatable bonds is 6. The van der Waals surface area contributed by atoms with E-state index in [0.29, 0.717) is 6.54 Å². The van der Waals surface area contributed by atoms with Gasteiger partial charge in [0.1, 0.15) is 5.60 Å². The number of nitrogens with two attached hydrogens (primary N) is 1. The van der Waals surface area contributed by atoms with Crippen molar-refractivity contribution >= 4 is 0 Å². The minimum Gasteiger partial charge on any atom is -0.370 e. The van der Waals surface area contributed by atoms with Crippen LogP contribution in [0.2, 0.25) is 0 Å². The number of ether oxygens (including phenoxy) is 1. The highest BCUT2D eigenvalue weighted by Crippen LogP contribution is 2.29. The molecule has 0 unspecified atom stereocenters. The van der Waals surface area contributed by atoms with E-state index in [4.69, 9.17) is 10.5 Å². The van der Waals surface area contributed by atoms with E-state index in [2.05, 4.69) is 23.8 Å². The van der Waals surface area contributed by atoms with Crippen molar-refractivity contribution in [3.63, 3.8) is 0 Å². The first-order chi connectivity index (χ1) is 7.72. The predicted octanol–water partition coefficient (Wildman–Crippen LogP) is 1.64. The van der Waals surface area contributed by atoms with Gasteiger partial charge in [-0.1, -0.05) is 13.8 Å². The summed E-state index contributed by atoms with van der Waals surface area (Å²) in [5, 5.41) is 0. The topological polar surface area (TPSA) is 61.0 Å². The third kappa shape index (κ3) is 2.57. The van der Waals surface area contributed by atoms with Crippen LogP contribution >= 0.6 is 0 Å². The Kier molecular flexibility index (Phi) is 4.83. The molecule has 0 bridgehead atoms. The molecule has 0 spiro atoms. The van der Waals surface area contributed by atoms with E-state index < -0.39 is 0 Å². The Morgan fingerprint density at radius 2 is 2.06 bits per heavy atom. The van der Waals surface area contributed by atoms with E-state index in [1.807, 2.05) is 6.07 Å². The van der Waals surface area contributed by atoms with Crippen molar-refractivity contribution in [2.45, 2.75) is 38.7 Å². The zero-order valence-electron chi connectivity index (χ0n) is 10.4. The Hall–Kier alpha value is -1.00. The maximum absolute atomic E-state index is 5.60. The second-order valence-corrected chi connectivity index (χ2v) is 3.82. The van der Waals surface area contributed by atoms with Crippen LogP contribution in [0.15, 0.2) is 12.3 Å². The van der Waals surface area contributed by atoms with Crippen molar-refractivity contribution in [2.24, 2.45) is 5.73 Å². The van der Waals surface area contributed by atoms with Crippen molar-refractivity contribution in [3.05, 3.63) is 23.8 Å². The molecule has 0 saturated heterocycles. The molecule has 4 heteroatoms. The van der Waals surface area contributed by atoms with Gasteiger partial charge in [0.05, 0.1) is 0 Å². The van der Waals surface area contributed by atoms with Crippen LogP contribution in [0.3, 0.4) is 0 Å². The van der Waals surface area contributed by atoms with Crippen molar-refractivity contribution in [3.8, 4) is 0 Å². The molecule has 4 nitrogen and oxygen atoms in total. The summed E-state index contributed by atoms with van der Waals surface area (Å²) in [6.07, 6.45) is 4.30. The van der Waals surface area contributed by atoms with Gasteiger partial charge in [-0.15, -0.1) is 0 Å². The number of methoxy groups -OCH3 is 1. The fourth-order valence-corrected chi connectivity index (χ4v) is 1.85. The Bertz CT molecular complexity index is 316. The SMILES string of the molecule is CCC(CC)(OC)c1nccc(CCN)n1. The van der Waals surface area contributed by atoms with Crippen LogP contribution in [-0.4, -0.2) is 23.6 Å². The summed E-state index contributed by atoms with van der Waals surface area (Å²) in [5.41, 5.74) is 6.15. The highest BCUT2D eigenvalue weighted by Gasteiger charge is 2.31. The molecule has 1 rings (SSSR count). The molecule has 0 aliphatic heterocycles. The second kappa shape index (κ2) is 5.92. The van der Waals surface area contributed by atoms with E-state index in [1.54, 1.807) is 13.3 Å². The number of nitrogens with zero attached hydrogens (tertiary/aromatic N) is 2. The lowest BCUT2D eigenvalue weighted by Gasteiger charge is -2.28. The number of aromatic nitrogens is 2. The van der Waals surface area contributed by atoms with E-state index in [9.17, 15) is 0 Å². The zero-order chi connectivity index (χ0) is 12.0. The summed E-state index contributed by atoms with van der Waals surface area (Å²) < 4.78 is 5.60. The molecule has 1 aromatic heterocycles. The molecule has 0 aliphatic rings. The predicted molar refractivity (Wildman–Crippen MR) is 64.1 cm³/mol. The second-order valence-electron chi connectivity index (χ2n) is 3.82. The zero-order valence-corrected chi connectivity index (χ0v) is 10.4. The molecule has 1 aromatic rings. The third-order valence-electron chi connectivity index (χ3n) is 3.05. The molecule has 0 atom stereocenters. The minimum absolute atomic E-state index is 0.357. The number of hydrogen-bond acceptors (Lipinski definition) is 4. The minimum atomic E-state index is -0.357. The van der Waals surface area contributed by atoms with E-state index in [1.165, 1.54) is 0 Å². The average Bonchev–Trinajstić information content (AvgIpc) is 2.33. The van der Waals surface area contributed by atoms with Crippen LogP contribution in [0, 0.1) is 0 Å². The van der Waals surface area contributed by atoms with Gasteiger partial charge >= 0.3 is 0 Å². The summed E-state index contributed by atoms with van der Waals surface area (Å²) in [7, 11) is 1.71. The van der Waals surface area contributed by atoms with Gasteiger partial charge in [0, 0.05) is 25.4 Å². The first-order valence-corrected chi connectivity index (χ1v) is 5.80. The normalized spacial score (nSPS) is 11.8. The monoisotopic (exact) mass is 223 g/mol. The quantitative estimate of drug-likeness (QED) is 0.796. The van der Waals surface area contributed by atoms with E-state index >= 15 is 0 Å². The van der Waals surface area contributed by atoms with Gasteiger partial charge in [-0.05, 0) is 25.5 Å². The number of hydrogen-bond donors (Lipinski definition) is 1. The maximum atomic E-state index is 5.60. The molecule has 16 heavy (non-hydrogen) atoms. The van der Waals surface area contributed by atoms with Crippen molar-refractivity contribution in [1.82, 2.24) is 9.97 Å². The molecule has 1 heterocycles. The van der Waals surface area contributed by atoms with Crippen molar-refractivity contribution in [1.29, 1.82) is 0 Å². The largest absolute Gasteiger partial charge is 0.370 e. The summed E-state index contributed by atoms with van der Waals surface area (Å²) in [4.78, 5) is 8.86. The van der Waals surface area contributed by atoms with E-state index in [0.717, 1.165) is 30.8 Å². The highest BCUT2D eigenvalue weighted by atomic mass is 16.5. The van der Waals surface area contributed by atoms with Crippen LogP contribution in [0.5, 0.6) is 0 Å². The molecule has 0 aromatic carbocycles. The van der Waals surface area contributed by atoms with Crippen LogP contribution in [0.1, 0.15) is 38.2 Å². The molecule has 0 saturated carbocycles. The Morgan fingerprint density at radius 3 is 2.56 bits per heavy atom. The lowest BCUT2D eigenvalue weighted by Crippen LogP contribution is -2.29. The Balaban J connectivity index is 3.04. The van der Waals surface area contributed by atoms with Gasteiger partial charge in [0.2, 0.25) is 0 Å². The molecule has 0 radical (unpaired) electrons. The van der Waals surface area contributed by atoms with Crippen molar-refractivity contribution in [2.75, 3.05) is 13.7 Å². The smallest absolute Gasteiger partial charge is 0.160 e. The van der Waals surface area contributed by atoms with Gasteiger partial charge in [0.25, 0.3) is 0 Å². The highest BCUT2D eigenvalue weighted by molar-refractivity contribution is 5.09. The molecule has 2 N–H and O–H groups in total. The van der Waals surface area contributed by atoms with Gasteiger partial charge in [-0.2, -0.15) is 0 Å². The molecular formula is C12H21N3O. The molecule has 90 valence electrons. The first-order valence-electron chi connectivity index (χ1n) is 5.80. The molecule has 0 fully saturated rings. The van der Waals surface area contributed by atoms with Crippen LogP contribution < -0.4 is 5.73 Å². The summed E-state index contributed by atoms with van der Waals surface area (Å²) in [6.45, 7) is 4.78. The molecular weight excluding hydrogens is 202 g/mol. The fraction of sp³-hybridized carbons (Fsp3) is 0.667. The van der Waals surface area contributed by atoms with Crippen LogP contribution in [-0.2, 0) is 16.8 Å². The van der Waals surface area contributed by atoms with E-state index in [-0.39, 0.29) is 5.60 Å².